The summed E-state index contributed by atoms with van der Waals surface area (Å²) in [7, 11) is 0. The lowest BCUT2D eigenvalue weighted by molar-refractivity contribution is -0.914. The maximum absolute atomic E-state index is 13.1. The molecule has 0 saturated carbocycles. The standard InChI is InChI=1S/C21H22FN3S/c1-16-2-4-17(5-3-16)21-23-19(15-26-21)14-24-10-12-25(13-11-24)20-8-6-18(22)7-9-20/h2-9,15H,10-14H2,1H3/p+1. The molecule has 0 amide bonds. The Balaban J connectivity index is 1.34. The zero-order chi connectivity index (χ0) is 17.9. The Labute approximate surface area is 157 Å². The molecule has 1 fully saturated rings. The van der Waals surface area contributed by atoms with E-state index in [9.17, 15) is 4.39 Å². The number of nitrogens with zero attached hydrogens (tertiary/aromatic N) is 2. The van der Waals surface area contributed by atoms with Gasteiger partial charge in [-0.3, -0.25) is 0 Å². The number of aromatic nitrogens is 1. The van der Waals surface area contributed by atoms with Gasteiger partial charge in [-0.05, 0) is 31.2 Å². The van der Waals surface area contributed by atoms with Gasteiger partial charge in [-0.15, -0.1) is 11.3 Å². The molecule has 1 aliphatic rings. The first kappa shape index (κ1) is 17.2. The molecule has 26 heavy (non-hydrogen) atoms. The predicted molar refractivity (Wildman–Crippen MR) is 105 cm³/mol. The number of hydrogen-bond donors (Lipinski definition) is 1. The summed E-state index contributed by atoms with van der Waals surface area (Å²) >= 11 is 1.73. The Kier molecular flexibility index (Phi) is 5.00. The van der Waals surface area contributed by atoms with Crippen LogP contribution in [0.2, 0.25) is 0 Å². The van der Waals surface area contributed by atoms with Crippen molar-refractivity contribution in [1.82, 2.24) is 4.98 Å². The fraction of sp³-hybridized carbons (Fsp3) is 0.286. The van der Waals surface area contributed by atoms with Crippen LogP contribution in [0.3, 0.4) is 0 Å². The number of nitrogens with one attached hydrogen (secondary N) is 1. The van der Waals surface area contributed by atoms with Crippen LogP contribution in [0.15, 0.2) is 53.9 Å². The Hall–Kier alpha value is -2.24. The van der Waals surface area contributed by atoms with Gasteiger partial charge in [0.15, 0.2) is 0 Å². The lowest BCUT2D eigenvalue weighted by Crippen LogP contribution is -3.13. The second-order valence-electron chi connectivity index (χ2n) is 6.90. The Morgan fingerprint density at radius 1 is 1.04 bits per heavy atom. The molecule has 2 heterocycles. The van der Waals surface area contributed by atoms with Crippen LogP contribution < -0.4 is 9.80 Å². The average Bonchev–Trinajstić information content (AvgIpc) is 3.12. The molecule has 5 heteroatoms. The second-order valence-corrected chi connectivity index (χ2v) is 7.76. The zero-order valence-electron chi connectivity index (χ0n) is 14.9. The molecular weight excluding hydrogens is 345 g/mol. The van der Waals surface area contributed by atoms with Gasteiger partial charge in [0.1, 0.15) is 23.1 Å². The number of aryl methyl sites for hydroxylation is 1. The van der Waals surface area contributed by atoms with Crippen molar-refractivity contribution in [3.8, 4) is 10.6 Å². The summed E-state index contributed by atoms with van der Waals surface area (Å²) in [5, 5.41) is 3.29. The van der Waals surface area contributed by atoms with Crippen molar-refractivity contribution in [2.24, 2.45) is 0 Å². The summed E-state index contributed by atoms with van der Waals surface area (Å²) in [5.74, 6) is -0.175. The van der Waals surface area contributed by atoms with Gasteiger partial charge in [-0.2, -0.15) is 0 Å². The fourth-order valence-corrected chi connectivity index (χ4v) is 4.21. The number of anilines is 1. The second kappa shape index (κ2) is 7.56. The van der Waals surface area contributed by atoms with Crippen LogP contribution >= 0.6 is 11.3 Å². The van der Waals surface area contributed by atoms with Crippen molar-refractivity contribution >= 4 is 17.0 Å². The molecule has 0 atom stereocenters. The van der Waals surface area contributed by atoms with Gasteiger partial charge in [0, 0.05) is 16.6 Å². The van der Waals surface area contributed by atoms with E-state index in [4.69, 9.17) is 4.98 Å². The van der Waals surface area contributed by atoms with E-state index in [1.807, 2.05) is 12.1 Å². The summed E-state index contributed by atoms with van der Waals surface area (Å²) in [5.41, 5.74) is 4.76. The molecule has 1 aliphatic heterocycles. The van der Waals surface area contributed by atoms with Crippen LogP contribution in [-0.4, -0.2) is 31.2 Å². The third kappa shape index (κ3) is 3.94. The van der Waals surface area contributed by atoms with Gasteiger partial charge < -0.3 is 9.80 Å². The maximum Gasteiger partial charge on any atom is 0.123 e. The van der Waals surface area contributed by atoms with Crippen molar-refractivity contribution in [2.45, 2.75) is 13.5 Å². The molecule has 134 valence electrons. The van der Waals surface area contributed by atoms with Crippen molar-refractivity contribution in [2.75, 3.05) is 31.1 Å². The molecule has 0 aliphatic carbocycles. The predicted octanol–water partition coefficient (Wildman–Crippen LogP) is 3.16. The SMILES string of the molecule is Cc1ccc(-c2nc(C[NH+]3CCN(c4ccc(F)cc4)CC3)cs2)cc1. The fourth-order valence-electron chi connectivity index (χ4n) is 3.38. The number of hydrogen-bond acceptors (Lipinski definition) is 3. The van der Waals surface area contributed by atoms with Gasteiger partial charge >= 0.3 is 0 Å². The summed E-state index contributed by atoms with van der Waals surface area (Å²) in [4.78, 5) is 8.73. The van der Waals surface area contributed by atoms with Crippen LogP contribution in [0.1, 0.15) is 11.3 Å². The Morgan fingerprint density at radius 2 is 1.73 bits per heavy atom. The minimum atomic E-state index is -0.175. The number of thiazole rings is 1. The lowest BCUT2D eigenvalue weighted by Gasteiger charge is -2.33. The zero-order valence-corrected chi connectivity index (χ0v) is 15.7. The number of rotatable bonds is 4. The molecule has 0 radical (unpaired) electrons. The molecule has 1 saturated heterocycles. The summed E-state index contributed by atoms with van der Waals surface area (Å²) in [6, 6.07) is 15.4. The van der Waals surface area contributed by atoms with Crippen LogP contribution in [0, 0.1) is 12.7 Å². The Morgan fingerprint density at radius 3 is 2.42 bits per heavy atom. The summed E-state index contributed by atoms with van der Waals surface area (Å²) < 4.78 is 13.1. The van der Waals surface area contributed by atoms with Gasteiger partial charge in [0.05, 0.1) is 26.2 Å². The first-order valence-corrected chi connectivity index (χ1v) is 9.91. The Bertz CT molecular complexity index is 850. The van der Waals surface area contributed by atoms with E-state index in [0.29, 0.717) is 0 Å². The number of piperazine rings is 1. The highest BCUT2D eigenvalue weighted by molar-refractivity contribution is 7.13. The molecule has 2 aromatic carbocycles. The van der Waals surface area contributed by atoms with E-state index in [1.165, 1.54) is 29.0 Å². The van der Waals surface area contributed by atoms with Gasteiger partial charge in [-0.25, -0.2) is 9.37 Å². The molecule has 1 N–H and O–H groups in total. The minimum absolute atomic E-state index is 0.175. The van der Waals surface area contributed by atoms with Crippen molar-refractivity contribution in [3.63, 3.8) is 0 Å². The van der Waals surface area contributed by atoms with Gasteiger partial charge in [-0.1, -0.05) is 29.8 Å². The normalized spacial score (nSPS) is 15.4. The van der Waals surface area contributed by atoms with Crippen LogP contribution in [-0.2, 0) is 6.54 Å². The molecule has 3 nitrogen and oxygen atoms in total. The van der Waals surface area contributed by atoms with Crippen LogP contribution in [0.5, 0.6) is 0 Å². The van der Waals surface area contributed by atoms with E-state index >= 15 is 0 Å². The molecule has 0 bridgehead atoms. The third-order valence-corrected chi connectivity index (χ3v) is 5.88. The first-order chi connectivity index (χ1) is 12.7. The van der Waals surface area contributed by atoms with Crippen molar-refractivity contribution in [3.05, 3.63) is 71.0 Å². The smallest absolute Gasteiger partial charge is 0.123 e. The van der Waals surface area contributed by atoms with Crippen molar-refractivity contribution < 1.29 is 9.29 Å². The topological polar surface area (TPSA) is 20.6 Å². The highest BCUT2D eigenvalue weighted by Crippen LogP contribution is 2.23. The van der Waals surface area contributed by atoms with E-state index in [2.05, 4.69) is 41.5 Å². The lowest BCUT2D eigenvalue weighted by atomic mass is 10.2. The highest BCUT2D eigenvalue weighted by atomic mass is 32.1. The van der Waals surface area contributed by atoms with Crippen LogP contribution in [0.25, 0.3) is 10.6 Å². The van der Waals surface area contributed by atoms with Crippen molar-refractivity contribution in [1.29, 1.82) is 0 Å². The minimum Gasteiger partial charge on any atom is -0.360 e. The van der Waals surface area contributed by atoms with E-state index in [1.54, 1.807) is 16.2 Å². The third-order valence-electron chi connectivity index (χ3n) is 4.94. The molecule has 1 aromatic heterocycles. The number of quaternary nitrogens is 1. The largest absolute Gasteiger partial charge is 0.360 e. The van der Waals surface area contributed by atoms with Crippen LogP contribution in [0.4, 0.5) is 10.1 Å². The highest BCUT2D eigenvalue weighted by Gasteiger charge is 2.21. The number of halogens is 1. The molecule has 3 aromatic rings. The quantitative estimate of drug-likeness (QED) is 0.764. The summed E-state index contributed by atoms with van der Waals surface area (Å²) in [6.07, 6.45) is 0. The van der Waals surface area contributed by atoms with E-state index < -0.39 is 0 Å². The average molecular weight is 369 g/mol. The van der Waals surface area contributed by atoms with Gasteiger partial charge in [0.2, 0.25) is 0 Å². The number of benzene rings is 2. The molecule has 0 unspecified atom stereocenters. The first-order valence-electron chi connectivity index (χ1n) is 9.03. The monoisotopic (exact) mass is 368 g/mol. The van der Waals surface area contributed by atoms with E-state index in [-0.39, 0.29) is 5.82 Å². The van der Waals surface area contributed by atoms with Gasteiger partial charge in [0.25, 0.3) is 0 Å². The van der Waals surface area contributed by atoms with E-state index in [0.717, 1.165) is 43.4 Å². The molecule has 0 spiro atoms. The molecular formula is C21H23FN3S+. The molecule has 4 rings (SSSR count). The summed E-state index contributed by atoms with van der Waals surface area (Å²) in [6.45, 7) is 7.22. The maximum atomic E-state index is 13.1.